The SMILES string of the molecule is NCC1(C(=O)Nc2ccc(C(=O)Nc3ccccc3)cc2)CCOCC1. The van der Waals surface area contributed by atoms with Crippen LogP contribution >= 0.6 is 0 Å². The quantitative estimate of drug-likeness (QED) is 0.770. The van der Waals surface area contributed by atoms with E-state index in [0.717, 1.165) is 5.69 Å². The van der Waals surface area contributed by atoms with Crippen molar-refractivity contribution in [3.63, 3.8) is 0 Å². The van der Waals surface area contributed by atoms with Gasteiger partial charge in [-0.25, -0.2) is 0 Å². The third-order valence-corrected chi connectivity index (χ3v) is 4.76. The first kappa shape index (κ1) is 18.1. The van der Waals surface area contributed by atoms with Crippen molar-refractivity contribution in [2.75, 3.05) is 30.4 Å². The molecular weight excluding hydrogens is 330 g/mol. The number of hydrogen-bond acceptors (Lipinski definition) is 4. The largest absolute Gasteiger partial charge is 0.381 e. The number of hydrogen-bond donors (Lipinski definition) is 3. The molecule has 0 unspecified atom stereocenters. The van der Waals surface area contributed by atoms with Gasteiger partial charge in [0, 0.05) is 36.7 Å². The van der Waals surface area contributed by atoms with E-state index in [1.54, 1.807) is 24.3 Å². The molecule has 1 fully saturated rings. The van der Waals surface area contributed by atoms with Gasteiger partial charge in [0.15, 0.2) is 0 Å². The molecule has 136 valence electrons. The lowest BCUT2D eigenvalue weighted by Gasteiger charge is -2.34. The zero-order valence-corrected chi connectivity index (χ0v) is 14.5. The number of carbonyl (C=O) groups is 2. The first-order valence-corrected chi connectivity index (χ1v) is 8.69. The van der Waals surface area contributed by atoms with Gasteiger partial charge >= 0.3 is 0 Å². The average molecular weight is 353 g/mol. The lowest BCUT2D eigenvalue weighted by atomic mass is 9.79. The molecule has 1 heterocycles. The van der Waals surface area contributed by atoms with Crippen LogP contribution in [0.15, 0.2) is 54.6 Å². The smallest absolute Gasteiger partial charge is 0.255 e. The van der Waals surface area contributed by atoms with E-state index in [1.165, 1.54) is 0 Å². The summed E-state index contributed by atoms with van der Waals surface area (Å²) >= 11 is 0. The van der Waals surface area contributed by atoms with Crippen molar-refractivity contribution in [1.29, 1.82) is 0 Å². The molecule has 0 aliphatic carbocycles. The van der Waals surface area contributed by atoms with Gasteiger partial charge in [0.1, 0.15) is 0 Å². The minimum Gasteiger partial charge on any atom is -0.381 e. The van der Waals surface area contributed by atoms with E-state index in [2.05, 4.69) is 10.6 Å². The van der Waals surface area contributed by atoms with Crippen molar-refractivity contribution in [2.45, 2.75) is 12.8 Å². The second kappa shape index (κ2) is 8.12. The molecule has 0 spiro atoms. The molecule has 0 saturated carbocycles. The maximum absolute atomic E-state index is 12.7. The molecule has 0 aromatic heterocycles. The topological polar surface area (TPSA) is 93.5 Å². The van der Waals surface area contributed by atoms with Crippen LogP contribution in [-0.2, 0) is 9.53 Å². The molecule has 26 heavy (non-hydrogen) atoms. The lowest BCUT2D eigenvalue weighted by molar-refractivity contribution is -0.130. The molecule has 0 bridgehead atoms. The fourth-order valence-electron chi connectivity index (χ4n) is 2.98. The van der Waals surface area contributed by atoms with Crippen LogP contribution in [0.4, 0.5) is 11.4 Å². The highest BCUT2D eigenvalue weighted by molar-refractivity contribution is 6.04. The number of benzene rings is 2. The molecule has 6 heteroatoms. The number of nitrogens with two attached hydrogens (primary N) is 1. The summed E-state index contributed by atoms with van der Waals surface area (Å²) in [7, 11) is 0. The molecule has 1 saturated heterocycles. The molecular formula is C20H23N3O3. The third kappa shape index (κ3) is 4.09. The zero-order valence-electron chi connectivity index (χ0n) is 14.5. The van der Waals surface area contributed by atoms with Crippen molar-refractivity contribution in [3.05, 3.63) is 60.2 Å². The number of carbonyl (C=O) groups excluding carboxylic acids is 2. The Bertz CT molecular complexity index is 754. The molecule has 1 aliphatic rings. The fraction of sp³-hybridized carbons (Fsp3) is 0.300. The minimum absolute atomic E-state index is 0.0928. The summed E-state index contributed by atoms with van der Waals surface area (Å²) in [4.78, 5) is 24.9. The van der Waals surface area contributed by atoms with Crippen molar-refractivity contribution in [2.24, 2.45) is 11.1 Å². The summed E-state index contributed by atoms with van der Waals surface area (Å²) in [5, 5.41) is 5.74. The number of nitrogens with one attached hydrogen (secondary N) is 2. The highest BCUT2D eigenvalue weighted by Crippen LogP contribution is 2.31. The number of ether oxygens (including phenoxy) is 1. The van der Waals surface area contributed by atoms with Crippen LogP contribution in [0.1, 0.15) is 23.2 Å². The van der Waals surface area contributed by atoms with Gasteiger partial charge in [0.05, 0.1) is 5.41 Å². The van der Waals surface area contributed by atoms with Crippen LogP contribution in [0.25, 0.3) is 0 Å². The summed E-state index contributed by atoms with van der Waals surface area (Å²) in [5.41, 5.74) is 7.18. The molecule has 2 aromatic carbocycles. The first-order chi connectivity index (χ1) is 12.6. The second-order valence-electron chi connectivity index (χ2n) is 6.45. The molecule has 2 aromatic rings. The first-order valence-electron chi connectivity index (χ1n) is 8.69. The Kier molecular flexibility index (Phi) is 5.65. The lowest BCUT2D eigenvalue weighted by Crippen LogP contribution is -2.46. The number of rotatable bonds is 5. The van der Waals surface area contributed by atoms with Crippen LogP contribution in [0.5, 0.6) is 0 Å². The minimum atomic E-state index is -0.582. The van der Waals surface area contributed by atoms with Gasteiger partial charge in [0.25, 0.3) is 5.91 Å². The normalized spacial score (nSPS) is 15.9. The van der Waals surface area contributed by atoms with E-state index in [0.29, 0.717) is 43.9 Å². The Morgan fingerprint density at radius 3 is 2.15 bits per heavy atom. The predicted octanol–water partition coefficient (Wildman–Crippen LogP) is 2.63. The standard InChI is InChI=1S/C20H23N3O3/c21-14-20(10-12-26-13-11-20)19(25)23-17-8-6-15(7-9-17)18(24)22-16-4-2-1-3-5-16/h1-9H,10-14,21H2,(H,22,24)(H,23,25). The zero-order chi connectivity index (χ0) is 18.4. The number of amides is 2. The Hall–Kier alpha value is -2.70. The third-order valence-electron chi connectivity index (χ3n) is 4.76. The van der Waals surface area contributed by atoms with E-state index in [1.807, 2.05) is 30.3 Å². The van der Waals surface area contributed by atoms with E-state index in [-0.39, 0.29) is 11.8 Å². The summed E-state index contributed by atoms with van der Waals surface area (Å²) < 4.78 is 5.34. The van der Waals surface area contributed by atoms with Crippen LogP contribution < -0.4 is 16.4 Å². The van der Waals surface area contributed by atoms with Crippen LogP contribution in [0, 0.1) is 5.41 Å². The van der Waals surface area contributed by atoms with Crippen molar-refractivity contribution >= 4 is 23.2 Å². The summed E-state index contributed by atoms with van der Waals surface area (Å²) in [6.45, 7) is 1.38. The van der Waals surface area contributed by atoms with Crippen LogP contribution in [0.3, 0.4) is 0 Å². The van der Waals surface area contributed by atoms with E-state index in [9.17, 15) is 9.59 Å². The highest BCUT2D eigenvalue weighted by atomic mass is 16.5. The van der Waals surface area contributed by atoms with Crippen LogP contribution in [0.2, 0.25) is 0 Å². The van der Waals surface area contributed by atoms with Gasteiger partial charge in [0.2, 0.25) is 5.91 Å². The highest BCUT2D eigenvalue weighted by Gasteiger charge is 2.38. The van der Waals surface area contributed by atoms with E-state index >= 15 is 0 Å². The molecule has 4 N–H and O–H groups in total. The van der Waals surface area contributed by atoms with Gasteiger partial charge in [-0.2, -0.15) is 0 Å². The monoisotopic (exact) mass is 353 g/mol. The van der Waals surface area contributed by atoms with Gasteiger partial charge < -0.3 is 21.1 Å². The summed E-state index contributed by atoms with van der Waals surface area (Å²) in [6.07, 6.45) is 1.24. The molecule has 6 nitrogen and oxygen atoms in total. The number of anilines is 2. The molecule has 3 rings (SSSR count). The summed E-state index contributed by atoms with van der Waals surface area (Å²) in [6, 6.07) is 16.1. The molecule has 1 aliphatic heterocycles. The van der Waals surface area contributed by atoms with Gasteiger partial charge in [-0.15, -0.1) is 0 Å². The predicted molar refractivity (Wildman–Crippen MR) is 101 cm³/mol. The number of para-hydroxylation sites is 1. The Balaban J connectivity index is 1.64. The molecule has 2 amide bonds. The van der Waals surface area contributed by atoms with E-state index < -0.39 is 5.41 Å². The van der Waals surface area contributed by atoms with Crippen molar-refractivity contribution in [3.8, 4) is 0 Å². The summed E-state index contributed by atoms with van der Waals surface area (Å²) in [5.74, 6) is -0.290. The maximum atomic E-state index is 12.7. The fourth-order valence-corrected chi connectivity index (χ4v) is 2.98. The van der Waals surface area contributed by atoms with E-state index in [4.69, 9.17) is 10.5 Å². The van der Waals surface area contributed by atoms with Gasteiger partial charge in [-0.1, -0.05) is 18.2 Å². The molecule has 0 atom stereocenters. The second-order valence-corrected chi connectivity index (χ2v) is 6.45. The maximum Gasteiger partial charge on any atom is 0.255 e. The average Bonchev–Trinajstić information content (AvgIpc) is 2.69. The van der Waals surface area contributed by atoms with Gasteiger partial charge in [-0.05, 0) is 49.2 Å². The van der Waals surface area contributed by atoms with Crippen molar-refractivity contribution in [1.82, 2.24) is 0 Å². The molecule has 0 radical (unpaired) electrons. The Morgan fingerprint density at radius 2 is 1.54 bits per heavy atom. The Labute approximate surface area is 152 Å². The van der Waals surface area contributed by atoms with Crippen LogP contribution in [-0.4, -0.2) is 31.6 Å². The Morgan fingerprint density at radius 1 is 0.923 bits per heavy atom. The van der Waals surface area contributed by atoms with Crippen molar-refractivity contribution < 1.29 is 14.3 Å². The van der Waals surface area contributed by atoms with Gasteiger partial charge in [-0.3, -0.25) is 9.59 Å².